The van der Waals surface area contributed by atoms with Crippen LogP contribution in [0.25, 0.3) is 10.1 Å². The molecule has 0 amide bonds. The van der Waals surface area contributed by atoms with Crippen molar-refractivity contribution in [2.75, 3.05) is 44.7 Å². The first-order valence-corrected chi connectivity index (χ1v) is 9.88. The molecule has 2 atom stereocenters. The van der Waals surface area contributed by atoms with Gasteiger partial charge in [0.15, 0.2) is 0 Å². The molecule has 2 fully saturated rings. The lowest BCUT2D eigenvalue weighted by Crippen LogP contribution is -2.47. The van der Waals surface area contributed by atoms with Gasteiger partial charge in [0.05, 0.1) is 24.3 Å². The molecule has 2 aliphatic rings. The van der Waals surface area contributed by atoms with E-state index in [4.69, 9.17) is 4.74 Å². The maximum absolute atomic E-state index is 12.9. The van der Waals surface area contributed by atoms with E-state index in [0.29, 0.717) is 10.6 Å². The van der Waals surface area contributed by atoms with Crippen LogP contribution in [0.4, 0.5) is 18.9 Å². The number of alkyl halides is 3. The van der Waals surface area contributed by atoms with Gasteiger partial charge in [-0.2, -0.15) is 13.2 Å². The van der Waals surface area contributed by atoms with Crippen LogP contribution in [0.3, 0.4) is 0 Å². The molecule has 2 heterocycles. The van der Waals surface area contributed by atoms with Crippen molar-refractivity contribution in [2.24, 2.45) is 11.8 Å². The van der Waals surface area contributed by atoms with E-state index in [1.165, 1.54) is 24.5 Å². The number of ether oxygens (including phenoxy) is 1. The Bertz CT molecular complexity index is 843. The van der Waals surface area contributed by atoms with Crippen molar-refractivity contribution in [1.29, 1.82) is 0 Å². The molecule has 1 aliphatic heterocycles. The summed E-state index contributed by atoms with van der Waals surface area (Å²) >= 11 is 1.36. The highest BCUT2D eigenvalue weighted by Gasteiger charge is 2.44. The quantitative estimate of drug-likeness (QED) is 0.733. The number of esters is 1. The molecule has 1 aliphatic carbocycles. The van der Waals surface area contributed by atoms with Gasteiger partial charge in [-0.15, -0.1) is 11.3 Å². The third kappa shape index (κ3) is 3.78. The number of carbonyl (C=O) groups excluding carboxylic acids is 1. The van der Waals surface area contributed by atoms with Gasteiger partial charge in [-0.25, -0.2) is 0 Å². The standard InChI is InChI=1S/C19H21F3N2O2S/c1-26-18(25)15-8-12(15)10-23-4-6-24(7-5-23)16-11-27-17-9-13(19(20,21)22)2-3-14(16)17/h2-3,9,11-12,15H,4-8,10H2,1H3/t12-,15?/m1/s1. The number of fused-ring (bicyclic) bond motifs is 1. The Morgan fingerprint density at radius 2 is 2.00 bits per heavy atom. The van der Waals surface area contributed by atoms with E-state index in [1.807, 2.05) is 5.38 Å². The van der Waals surface area contributed by atoms with Crippen LogP contribution in [-0.4, -0.2) is 50.7 Å². The Kier molecular flexibility index (Phi) is 4.80. The van der Waals surface area contributed by atoms with Crippen molar-refractivity contribution < 1.29 is 22.7 Å². The molecular formula is C19H21F3N2O2S. The van der Waals surface area contributed by atoms with Crippen molar-refractivity contribution in [3.8, 4) is 0 Å². The molecule has 0 spiro atoms. The highest BCUT2D eigenvalue weighted by molar-refractivity contribution is 7.17. The highest BCUT2D eigenvalue weighted by atomic mass is 32.1. The summed E-state index contributed by atoms with van der Waals surface area (Å²) in [6, 6.07) is 3.98. The Morgan fingerprint density at radius 3 is 2.67 bits per heavy atom. The van der Waals surface area contributed by atoms with Crippen LogP contribution in [0.1, 0.15) is 12.0 Å². The van der Waals surface area contributed by atoms with Crippen LogP contribution in [-0.2, 0) is 15.7 Å². The Labute approximate surface area is 159 Å². The molecule has 8 heteroatoms. The molecule has 1 aromatic carbocycles. The maximum Gasteiger partial charge on any atom is 0.416 e. The first kappa shape index (κ1) is 18.6. The van der Waals surface area contributed by atoms with Crippen molar-refractivity contribution in [1.82, 2.24) is 4.90 Å². The van der Waals surface area contributed by atoms with Crippen LogP contribution in [0.15, 0.2) is 23.6 Å². The number of hydrogen-bond donors (Lipinski definition) is 0. The second-order valence-corrected chi connectivity index (χ2v) is 8.15. The van der Waals surface area contributed by atoms with Crippen molar-refractivity contribution >= 4 is 33.1 Å². The molecule has 4 nitrogen and oxygen atoms in total. The molecule has 27 heavy (non-hydrogen) atoms. The van der Waals surface area contributed by atoms with E-state index >= 15 is 0 Å². The first-order valence-electron chi connectivity index (χ1n) is 9.00. The molecule has 0 bridgehead atoms. The topological polar surface area (TPSA) is 32.8 Å². The molecule has 1 saturated heterocycles. The summed E-state index contributed by atoms with van der Waals surface area (Å²) < 4.78 is 44.1. The zero-order chi connectivity index (χ0) is 19.2. The third-order valence-electron chi connectivity index (χ3n) is 5.51. The number of rotatable bonds is 4. The molecule has 4 rings (SSSR count). The van der Waals surface area contributed by atoms with Gasteiger partial charge in [0.25, 0.3) is 0 Å². The van der Waals surface area contributed by atoms with E-state index in [-0.39, 0.29) is 11.9 Å². The summed E-state index contributed by atoms with van der Waals surface area (Å²) in [7, 11) is 1.43. The normalized spacial score (nSPS) is 23.6. The molecule has 1 aromatic heterocycles. The number of anilines is 1. The molecule has 0 N–H and O–H groups in total. The Hall–Kier alpha value is -1.80. The summed E-state index contributed by atoms with van der Waals surface area (Å²) in [5.74, 6) is 0.338. The fourth-order valence-corrected chi connectivity index (χ4v) is 4.84. The minimum absolute atomic E-state index is 0.0525. The van der Waals surface area contributed by atoms with Gasteiger partial charge < -0.3 is 9.64 Å². The van der Waals surface area contributed by atoms with E-state index in [2.05, 4.69) is 9.80 Å². The number of hydrogen-bond acceptors (Lipinski definition) is 5. The average Bonchev–Trinajstić information content (AvgIpc) is 3.28. The van der Waals surface area contributed by atoms with Gasteiger partial charge >= 0.3 is 12.1 Å². The third-order valence-corrected chi connectivity index (χ3v) is 6.45. The maximum atomic E-state index is 12.9. The fourth-order valence-electron chi connectivity index (χ4n) is 3.83. The zero-order valence-electron chi connectivity index (χ0n) is 15.0. The summed E-state index contributed by atoms with van der Waals surface area (Å²) in [6.07, 6.45) is -3.40. The lowest BCUT2D eigenvalue weighted by molar-refractivity contribution is -0.142. The fraction of sp³-hybridized carbons (Fsp3) is 0.526. The van der Waals surface area contributed by atoms with Gasteiger partial charge in [0.2, 0.25) is 0 Å². The van der Waals surface area contributed by atoms with Gasteiger partial charge in [0, 0.05) is 48.2 Å². The van der Waals surface area contributed by atoms with E-state index in [1.54, 1.807) is 6.07 Å². The summed E-state index contributed by atoms with van der Waals surface area (Å²) in [5, 5.41) is 2.84. The van der Waals surface area contributed by atoms with Gasteiger partial charge in [0.1, 0.15) is 0 Å². The van der Waals surface area contributed by atoms with E-state index < -0.39 is 11.7 Å². The van der Waals surface area contributed by atoms with Gasteiger partial charge in [-0.1, -0.05) is 6.07 Å². The molecule has 1 saturated carbocycles. The predicted molar refractivity (Wildman–Crippen MR) is 99.1 cm³/mol. The van der Waals surface area contributed by atoms with Crippen LogP contribution >= 0.6 is 11.3 Å². The minimum Gasteiger partial charge on any atom is -0.469 e. The van der Waals surface area contributed by atoms with Crippen LogP contribution in [0.5, 0.6) is 0 Å². The Morgan fingerprint density at radius 1 is 1.26 bits per heavy atom. The molecule has 1 unspecified atom stereocenters. The lowest BCUT2D eigenvalue weighted by atomic mass is 10.1. The van der Waals surface area contributed by atoms with Gasteiger partial charge in [-0.05, 0) is 24.5 Å². The minimum atomic E-state index is -4.31. The number of nitrogens with zero attached hydrogens (tertiary/aromatic N) is 2. The second-order valence-electron chi connectivity index (χ2n) is 7.24. The number of benzene rings is 1. The SMILES string of the molecule is COC(=O)C1C[C@@H]1CN1CCN(c2csc3cc(C(F)(F)F)ccc23)CC1. The summed E-state index contributed by atoms with van der Waals surface area (Å²) in [6.45, 7) is 4.36. The molecule has 2 aromatic rings. The van der Waals surface area contributed by atoms with Crippen molar-refractivity contribution in [3.05, 3.63) is 29.1 Å². The second kappa shape index (κ2) is 6.98. The highest BCUT2D eigenvalue weighted by Crippen LogP contribution is 2.41. The molecule has 0 radical (unpaired) electrons. The van der Waals surface area contributed by atoms with Gasteiger partial charge in [-0.3, -0.25) is 9.69 Å². The van der Waals surface area contributed by atoms with Crippen LogP contribution < -0.4 is 4.90 Å². The molecule has 146 valence electrons. The van der Waals surface area contributed by atoms with E-state index in [0.717, 1.165) is 56.3 Å². The van der Waals surface area contributed by atoms with Crippen molar-refractivity contribution in [3.63, 3.8) is 0 Å². The smallest absolute Gasteiger partial charge is 0.416 e. The monoisotopic (exact) mass is 398 g/mol. The van der Waals surface area contributed by atoms with Crippen LogP contribution in [0.2, 0.25) is 0 Å². The largest absolute Gasteiger partial charge is 0.469 e. The first-order chi connectivity index (χ1) is 12.9. The summed E-state index contributed by atoms with van der Waals surface area (Å²) in [5.41, 5.74) is 0.417. The van der Waals surface area contributed by atoms with E-state index in [9.17, 15) is 18.0 Å². The number of thiophene rings is 1. The number of carbonyl (C=O) groups is 1. The number of piperazine rings is 1. The Balaban J connectivity index is 1.38. The lowest BCUT2D eigenvalue weighted by Gasteiger charge is -2.36. The average molecular weight is 398 g/mol. The predicted octanol–water partition coefficient (Wildman–Crippen LogP) is 3.85. The number of halogens is 3. The molecular weight excluding hydrogens is 377 g/mol. The summed E-state index contributed by atoms with van der Waals surface area (Å²) in [4.78, 5) is 16.1. The number of methoxy groups -OCH3 is 1. The van der Waals surface area contributed by atoms with Crippen molar-refractivity contribution in [2.45, 2.75) is 12.6 Å². The zero-order valence-corrected chi connectivity index (χ0v) is 15.8. The van der Waals surface area contributed by atoms with Crippen LogP contribution in [0, 0.1) is 11.8 Å².